The molecule has 1 saturated heterocycles. The highest BCUT2D eigenvalue weighted by Gasteiger charge is 2.22. The molecule has 12 heavy (non-hydrogen) atoms. The SMILES string of the molecule is C=C[C@H]1CCCCN1C(=O)CC. The van der Waals surface area contributed by atoms with Gasteiger partial charge in [-0.15, -0.1) is 6.58 Å². The van der Waals surface area contributed by atoms with E-state index >= 15 is 0 Å². The Labute approximate surface area is 74.2 Å². The molecule has 1 amide bonds. The maximum absolute atomic E-state index is 11.4. The second-order valence-corrected chi connectivity index (χ2v) is 3.24. The number of hydrogen-bond donors (Lipinski definition) is 0. The molecule has 0 aromatic rings. The van der Waals surface area contributed by atoms with Crippen molar-refractivity contribution in [1.29, 1.82) is 0 Å². The molecule has 0 aromatic carbocycles. The van der Waals surface area contributed by atoms with Crippen molar-refractivity contribution in [3.05, 3.63) is 12.7 Å². The number of nitrogens with zero attached hydrogens (tertiary/aromatic N) is 1. The number of piperidine rings is 1. The summed E-state index contributed by atoms with van der Waals surface area (Å²) in [6, 6.07) is 0.297. The number of likely N-dealkylation sites (tertiary alicyclic amines) is 1. The third kappa shape index (κ3) is 1.87. The zero-order valence-corrected chi connectivity index (χ0v) is 7.75. The molecule has 0 aromatic heterocycles. The Hall–Kier alpha value is -0.790. The predicted molar refractivity (Wildman–Crippen MR) is 49.8 cm³/mol. The Kier molecular flexibility index (Phi) is 3.32. The van der Waals surface area contributed by atoms with Crippen LogP contribution >= 0.6 is 0 Å². The number of rotatable bonds is 2. The second kappa shape index (κ2) is 4.29. The largest absolute Gasteiger partial charge is 0.336 e. The molecule has 2 heteroatoms. The first-order valence-corrected chi connectivity index (χ1v) is 4.71. The van der Waals surface area contributed by atoms with Crippen molar-refractivity contribution in [2.24, 2.45) is 0 Å². The Balaban J connectivity index is 2.58. The maximum atomic E-state index is 11.4. The number of hydrogen-bond acceptors (Lipinski definition) is 1. The van der Waals surface area contributed by atoms with Crippen LogP contribution in [0.25, 0.3) is 0 Å². The fourth-order valence-corrected chi connectivity index (χ4v) is 1.72. The third-order valence-electron chi connectivity index (χ3n) is 2.44. The van der Waals surface area contributed by atoms with Gasteiger partial charge in [0.05, 0.1) is 0 Å². The minimum atomic E-state index is 0.264. The van der Waals surface area contributed by atoms with Crippen molar-refractivity contribution >= 4 is 5.91 Å². The van der Waals surface area contributed by atoms with E-state index in [4.69, 9.17) is 0 Å². The Morgan fingerprint density at radius 3 is 3.00 bits per heavy atom. The van der Waals surface area contributed by atoms with Gasteiger partial charge >= 0.3 is 0 Å². The van der Waals surface area contributed by atoms with Crippen molar-refractivity contribution in [2.45, 2.75) is 38.6 Å². The Morgan fingerprint density at radius 2 is 2.42 bits per heavy atom. The molecular formula is C10H17NO. The van der Waals surface area contributed by atoms with Crippen molar-refractivity contribution in [3.8, 4) is 0 Å². The first-order valence-electron chi connectivity index (χ1n) is 4.71. The number of carbonyl (C=O) groups excluding carboxylic acids is 1. The van der Waals surface area contributed by atoms with Crippen LogP contribution in [-0.4, -0.2) is 23.4 Å². The van der Waals surface area contributed by atoms with Crippen molar-refractivity contribution in [1.82, 2.24) is 4.90 Å². The lowest BCUT2D eigenvalue weighted by Gasteiger charge is -2.33. The van der Waals surface area contributed by atoms with Gasteiger partial charge in [-0.05, 0) is 19.3 Å². The van der Waals surface area contributed by atoms with Gasteiger partial charge in [-0.3, -0.25) is 4.79 Å². The second-order valence-electron chi connectivity index (χ2n) is 3.24. The van der Waals surface area contributed by atoms with Gasteiger partial charge in [-0.2, -0.15) is 0 Å². The van der Waals surface area contributed by atoms with E-state index in [2.05, 4.69) is 6.58 Å². The fourth-order valence-electron chi connectivity index (χ4n) is 1.72. The van der Waals surface area contributed by atoms with Crippen LogP contribution in [0.2, 0.25) is 0 Å². The van der Waals surface area contributed by atoms with Gasteiger partial charge in [0.25, 0.3) is 0 Å². The summed E-state index contributed by atoms with van der Waals surface area (Å²) in [7, 11) is 0. The Morgan fingerprint density at radius 1 is 1.67 bits per heavy atom. The van der Waals surface area contributed by atoms with E-state index in [1.807, 2.05) is 17.9 Å². The molecule has 1 aliphatic heterocycles. The molecule has 0 bridgehead atoms. The molecule has 1 fully saturated rings. The van der Waals surface area contributed by atoms with E-state index in [1.54, 1.807) is 0 Å². The third-order valence-corrected chi connectivity index (χ3v) is 2.44. The normalized spacial score (nSPS) is 23.8. The summed E-state index contributed by atoms with van der Waals surface area (Å²) in [6.45, 7) is 6.59. The van der Waals surface area contributed by atoms with Crippen molar-refractivity contribution < 1.29 is 4.79 Å². The summed E-state index contributed by atoms with van der Waals surface area (Å²) in [4.78, 5) is 13.4. The van der Waals surface area contributed by atoms with E-state index < -0.39 is 0 Å². The summed E-state index contributed by atoms with van der Waals surface area (Å²) < 4.78 is 0. The molecule has 1 aliphatic rings. The zero-order chi connectivity index (χ0) is 8.97. The number of amides is 1. The highest BCUT2D eigenvalue weighted by atomic mass is 16.2. The van der Waals surface area contributed by atoms with Crippen molar-refractivity contribution in [2.75, 3.05) is 6.54 Å². The van der Waals surface area contributed by atoms with E-state index in [0.717, 1.165) is 19.4 Å². The summed E-state index contributed by atoms with van der Waals surface area (Å²) >= 11 is 0. The van der Waals surface area contributed by atoms with Gasteiger partial charge in [0.2, 0.25) is 5.91 Å². The van der Waals surface area contributed by atoms with Gasteiger partial charge in [-0.25, -0.2) is 0 Å². The molecule has 1 rings (SSSR count). The highest BCUT2D eigenvalue weighted by molar-refractivity contribution is 5.76. The lowest BCUT2D eigenvalue weighted by atomic mass is 10.0. The first kappa shape index (κ1) is 9.30. The van der Waals surface area contributed by atoms with Gasteiger partial charge in [0.1, 0.15) is 0 Å². The average Bonchev–Trinajstić information content (AvgIpc) is 2.16. The summed E-state index contributed by atoms with van der Waals surface area (Å²) in [5.74, 6) is 0.264. The molecule has 0 saturated carbocycles. The van der Waals surface area contributed by atoms with Gasteiger partial charge in [-0.1, -0.05) is 13.0 Å². The van der Waals surface area contributed by atoms with Crippen LogP contribution in [0.1, 0.15) is 32.6 Å². The predicted octanol–water partition coefficient (Wildman–Crippen LogP) is 1.96. The van der Waals surface area contributed by atoms with Gasteiger partial charge < -0.3 is 4.90 Å². The summed E-state index contributed by atoms with van der Waals surface area (Å²) in [5.41, 5.74) is 0. The molecule has 0 N–H and O–H groups in total. The summed E-state index contributed by atoms with van der Waals surface area (Å²) in [5, 5.41) is 0. The average molecular weight is 167 g/mol. The summed E-state index contributed by atoms with van der Waals surface area (Å²) in [6.07, 6.45) is 5.98. The smallest absolute Gasteiger partial charge is 0.222 e. The quantitative estimate of drug-likeness (QED) is 0.576. The lowest BCUT2D eigenvalue weighted by molar-refractivity contribution is -0.133. The number of carbonyl (C=O) groups is 1. The minimum Gasteiger partial charge on any atom is -0.336 e. The van der Waals surface area contributed by atoms with Crippen LogP contribution in [-0.2, 0) is 4.79 Å². The standard InChI is InChI=1S/C10H17NO/c1-3-9-7-5-6-8-11(9)10(12)4-2/h3,9H,1,4-8H2,2H3/t9-/m0/s1. The van der Waals surface area contributed by atoms with Crippen LogP contribution in [0.3, 0.4) is 0 Å². The van der Waals surface area contributed by atoms with Gasteiger partial charge in [0, 0.05) is 19.0 Å². The van der Waals surface area contributed by atoms with Crippen LogP contribution in [0.5, 0.6) is 0 Å². The lowest BCUT2D eigenvalue weighted by Crippen LogP contribution is -2.42. The van der Waals surface area contributed by atoms with Crippen LogP contribution in [0.4, 0.5) is 0 Å². The first-order chi connectivity index (χ1) is 5.79. The van der Waals surface area contributed by atoms with E-state index in [9.17, 15) is 4.79 Å². The van der Waals surface area contributed by atoms with Crippen LogP contribution < -0.4 is 0 Å². The molecule has 0 radical (unpaired) electrons. The zero-order valence-electron chi connectivity index (χ0n) is 7.75. The maximum Gasteiger partial charge on any atom is 0.222 e. The minimum absolute atomic E-state index is 0.264. The van der Waals surface area contributed by atoms with Crippen molar-refractivity contribution in [3.63, 3.8) is 0 Å². The highest BCUT2D eigenvalue weighted by Crippen LogP contribution is 2.18. The molecule has 1 heterocycles. The van der Waals surface area contributed by atoms with E-state index in [1.165, 1.54) is 6.42 Å². The molecule has 2 nitrogen and oxygen atoms in total. The van der Waals surface area contributed by atoms with Gasteiger partial charge in [0.15, 0.2) is 0 Å². The molecule has 0 unspecified atom stereocenters. The van der Waals surface area contributed by atoms with E-state index in [0.29, 0.717) is 12.5 Å². The molecule has 68 valence electrons. The van der Waals surface area contributed by atoms with Crippen LogP contribution in [0, 0.1) is 0 Å². The molecule has 0 spiro atoms. The molecule has 1 atom stereocenters. The topological polar surface area (TPSA) is 20.3 Å². The molecule has 0 aliphatic carbocycles. The van der Waals surface area contributed by atoms with Crippen LogP contribution in [0.15, 0.2) is 12.7 Å². The Bertz CT molecular complexity index is 177. The fraction of sp³-hybridized carbons (Fsp3) is 0.700. The molecular weight excluding hydrogens is 150 g/mol. The van der Waals surface area contributed by atoms with E-state index in [-0.39, 0.29) is 5.91 Å². The monoisotopic (exact) mass is 167 g/mol.